The lowest BCUT2D eigenvalue weighted by molar-refractivity contribution is 0.569. The van der Waals surface area contributed by atoms with Gasteiger partial charge in [0.15, 0.2) is 0 Å². The Bertz CT molecular complexity index is 3440. The van der Waals surface area contributed by atoms with Crippen molar-refractivity contribution in [1.82, 2.24) is 0 Å². The molecule has 0 saturated heterocycles. The minimum Gasteiger partial charge on any atom is -0.456 e. The van der Waals surface area contributed by atoms with Gasteiger partial charge in [-0.15, -0.1) is 0 Å². The average molecular weight is 842 g/mol. The Balaban J connectivity index is 1.14. The third-order valence-electron chi connectivity index (χ3n) is 14.0. The van der Waals surface area contributed by atoms with E-state index in [0.717, 1.165) is 44.6 Å². The van der Waals surface area contributed by atoms with Gasteiger partial charge in [0.05, 0.1) is 16.8 Å². The molecular weight excluding hydrogens is 787 g/mol. The van der Waals surface area contributed by atoms with E-state index >= 15 is 0 Å². The van der Waals surface area contributed by atoms with Crippen molar-refractivity contribution in [1.29, 1.82) is 0 Å². The van der Waals surface area contributed by atoms with E-state index < -0.39 is 0 Å². The second kappa shape index (κ2) is 15.0. The molecule has 0 spiro atoms. The van der Waals surface area contributed by atoms with Gasteiger partial charge >= 0.3 is 0 Å². The summed E-state index contributed by atoms with van der Waals surface area (Å²) in [7, 11) is 0. The largest absolute Gasteiger partial charge is 0.456 e. The Kier molecular flexibility index (Phi) is 9.35. The maximum Gasteiger partial charge on any atom is 0.137 e. The van der Waals surface area contributed by atoms with Crippen molar-refractivity contribution in [3.8, 4) is 44.5 Å². The van der Waals surface area contributed by atoms with Gasteiger partial charge in [-0.1, -0.05) is 207 Å². The van der Waals surface area contributed by atoms with Crippen LogP contribution in [0.15, 0.2) is 192 Å². The van der Waals surface area contributed by atoms with E-state index in [-0.39, 0.29) is 16.2 Å². The van der Waals surface area contributed by atoms with Crippen molar-refractivity contribution >= 4 is 49.8 Å². The van der Waals surface area contributed by atoms with Crippen LogP contribution in [0.3, 0.4) is 0 Å². The summed E-state index contributed by atoms with van der Waals surface area (Å²) >= 11 is 0. The number of fused-ring (bicyclic) bond motifs is 7. The van der Waals surface area contributed by atoms with Crippen LogP contribution in [0.2, 0.25) is 0 Å². The molecule has 2 heteroatoms. The Hall–Kier alpha value is -7.16. The first-order valence-electron chi connectivity index (χ1n) is 23.1. The van der Waals surface area contributed by atoms with Crippen molar-refractivity contribution in [3.63, 3.8) is 0 Å². The molecule has 0 radical (unpaired) electrons. The zero-order valence-electron chi connectivity index (χ0n) is 38.8. The van der Waals surface area contributed by atoms with Gasteiger partial charge in [0.1, 0.15) is 11.2 Å². The zero-order valence-corrected chi connectivity index (χ0v) is 38.8. The number of anilines is 3. The normalized spacial score (nSPS) is 13.4. The SMILES string of the molecule is CC(C)(C)c1cc(-c2cccc3cccc(-c4ccccc4N(c4ccc(-c5cccc6c5-c5ccccc5C6(C)C)cc4)c4cccc5oc6ccccc6c45)c23)cc(C(C)(C)C)c1. The molecule has 65 heavy (non-hydrogen) atoms. The van der Waals surface area contributed by atoms with E-state index in [4.69, 9.17) is 4.42 Å². The van der Waals surface area contributed by atoms with Crippen LogP contribution in [0.4, 0.5) is 17.1 Å². The molecule has 0 amide bonds. The third-order valence-corrected chi connectivity index (χ3v) is 14.0. The second-order valence-corrected chi connectivity index (χ2v) is 20.6. The van der Waals surface area contributed by atoms with Crippen molar-refractivity contribution in [2.24, 2.45) is 0 Å². The summed E-state index contributed by atoms with van der Waals surface area (Å²) < 4.78 is 6.56. The van der Waals surface area contributed by atoms with Crippen LogP contribution in [0.5, 0.6) is 0 Å². The molecule has 1 aliphatic carbocycles. The van der Waals surface area contributed by atoms with Crippen LogP contribution in [0, 0.1) is 0 Å². The van der Waals surface area contributed by atoms with E-state index in [1.165, 1.54) is 72.0 Å². The molecule has 0 fully saturated rings. The molecule has 1 aliphatic rings. The molecule has 0 bridgehead atoms. The van der Waals surface area contributed by atoms with E-state index in [1.54, 1.807) is 0 Å². The van der Waals surface area contributed by atoms with Crippen LogP contribution >= 0.6 is 0 Å². The Morgan fingerprint density at radius 3 is 1.71 bits per heavy atom. The molecule has 0 N–H and O–H groups in total. The summed E-state index contributed by atoms with van der Waals surface area (Å²) in [4.78, 5) is 2.45. The quantitative estimate of drug-likeness (QED) is 0.166. The van der Waals surface area contributed by atoms with Crippen LogP contribution in [0.1, 0.15) is 77.6 Å². The molecule has 11 rings (SSSR count). The Morgan fingerprint density at radius 2 is 0.969 bits per heavy atom. The molecule has 0 atom stereocenters. The molecule has 0 unspecified atom stereocenters. The predicted molar refractivity (Wildman–Crippen MR) is 277 cm³/mol. The monoisotopic (exact) mass is 841 g/mol. The maximum atomic E-state index is 6.56. The highest BCUT2D eigenvalue weighted by atomic mass is 16.3. The molecule has 0 saturated carbocycles. The predicted octanol–water partition coefficient (Wildman–Crippen LogP) is 18.1. The number of benzene rings is 9. The number of hydrogen-bond donors (Lipinski definition) is 0. The number of furan rings is 1. The molecule has 1 heterocycles. The smallest absolute Gasteiger partial charge is 0.137 e. The van der Waals surface area contributed by atoms with Crippen LogP contribution in [0.25, 0.3) is 77.2 Å². The highest BCUT2D eigenvalue weighted by Gasteiger charge is 2.36. The summed E-state index contributed by atoms with van der Waals surface area (Å²) in [5.74, 6) is 0. The van der Waals surface area contributed by atoms with Crippen molar-refractivity contribution in [2.75, 3.05) is 4.90 Å². The average Bonchev–Trinajstić information content (AvgIpc) is 3.81. The van der Waals surface area contributed by atoms with E-state index in [1.807, 2.05) is 0 Å². The van der Waals surface area contributed by atoms with Gasteiger partial charge in [-0.2, -0.15) is 0 Å². The highest BCUT2D eigenvalue weighted by molar-refractivity contribution is 6.15. The summed E-state index contributed by atoms with van der Waals surface area (Å²) in [6.07, 6.45) is 0. The number of rotatable bonds is 6. The Labute approximate surface area is 383 Å². The molecule has 9 aromatic carbocycles. The first kappa shape index (κ1) is 40.6. The third kappa shape index (κ3) is 6.69. The highest BCUT2D eigenvalue weighted by Crippen LogP contribution is 2.53. The van der Waals surface area contributed by atoms with Gasteiger partial charge in [-0.25, -0.2) is 0 Å². The number of para-hydroxylation sites is 2. The topological polar surface area (TPSA) is 16.4 Å². The molecule has 1 aromatic heterocycles. The van der Waals surface area contributed by atoms with Gasteiger partial charge < -0.3 is 9.32 Å². The summed E-state index contributed by atoms with van der Waals surface area (Å²) in [6, 6.07) is 69.7. The molecule has 318 valence electrons. The summed E-state index contributed by atoms with van der Waals surface area (Å²) in [6.45, 7) is 18.6. The van der Waals surface area contributed by atoms with E-state index in [0.29, 0.717) is 0 Å². The lowest BCUT2D eigenvalue weighted by Crippen LogP contribution is -2.16. The molecular formula is C63H55NO. The molecule has 0 aliphatic heterocycles. The molecule has 10 aromatic rings. The number of hydrogen-bond acceptors (Lipinski definition) is 2. The minimum atomic E-state index is -0.0693. The fraction of sp³-hybridized carbons (Fsp3) is 0.175. The summed E-state index contributed by atoms with van der Waals surface area (Å²) in [5.41, 5.74) is 20.3. The van der Waals surface area contributed by atoms with Gasteiger partial charge in [-0.3, -0.25) is 0 Å². The standard InChI is InChI=1S/C63H55NO/c1-61(2,3)43-37-42(38-44(39-43)62(4,5)6)47-24-15-19-41-20-16-26-49(58(41)47)48-21-10-13-29-54(48)64(55-30-18-32-57-60(55)51-23-11-14-31-56(51)65-57)45-35-33-40(34-36-45)46-25-17-28-53-59(46)50-22-9-12-27-52(50)63(53,7)8/h9-39H,1-8H3. The van der Waals surface area contributed by atoms with E-state index in [2.05, 4.69) is 248 Å². The first-order valence-corrected chi connectivity index (χ1v) is 23.1. The lowest BCUT2D eigenvalue weighted by Gasteiger charge is -2.29. The van der Waals surface area contributed by atoms with Gasteiger partial charge in [0.2, 0.25) is 0 Å². The lowest BCUT2D eigenvalue weighted by atomic mass is 9.78. The van der Waals surface area contributed by atoms with Crippen molar-refractivity contribution < 1.29 is 4.42 Å². The van der Waals surface area contributed by atoms with Gasteiger partial charge in [0.25, 0.3) is 0 Å². The van der Waals surface area contributed by atoms with Gasteiger partial charge in [-0.05, 0) is 119 Å². The first-order chi connectivity index (χ1) is 31.3. The minimum absolute atomic E-state index is 0.00795. The Morgan fingerprint density at radius 1 is 0.415 bits per heavy atom. The van der Waals surface area contributed by atoms with Crippen LogP contribution in [-0.2, 0) is 16.2 Å². The second-order valence-electron chi connectivity index (χ2n) is 20.6. The number of nitrogens with zero attached hydrogens (tertiary/aromatic N) is 1. The molecule has 2 nitrogen and oxygen atoms in total. The fourth-order valence-electron chi connectivity index (χ4n) is 10.5. The fourth-order valence-corrected chi connectivity index (χ4v) is 10.5. The maximum absolute atomic E-state index is 6.56. The van der Waals surface area contributed by atoms with Crippen LogP contribution in [-0.4, -0.2) is 0 Å². The van der Waals surface area contributed by atoms with Crippen LogP contribution < -0.4 is 4.90 Å². The zero-order chi connectivity index (χ0) is 44.8. The summed E-state index contributed by atoms with van der Waals surface area (Å²) in [5, 5.41) is 4.65. The van der Waals surface area contributed by atoms with E-state index in [9.17, 15) is 0 Å². The van der Waals surface area contributed by atoms with Crippen molar-refractivity contribution in [2.45, 2.75) is 71.6 Å². The van der Waals surface area contributed by atoms with Gasteiger partial charge in [0, 0.05) is 22.1 Å². The van der Waals surface area contributed by atoms with Crippen molar-refractivity contribution in [3.05, 3.63) is 210 Å².